The molecule has 0 heterocycles. The Labute approximate surface area is 137 Å². The molecule has 0 atom stereocenters. The first-order valence-corrected chi connectivity index (χ1v) is 7.68. The maximum Gasteiger partial charge on any atom is 0.322 e. The number of nitrogens with one attached hydrogen (secondary N) is 1. The molecule has 0 bridgehead atoms. The Morgan fingerprint density at radius 2 is 1.87 bits per heavy atom. The number of hydrogen-bond acceptors (Lipinski definition) is 1. The molecule has 0 radical (unpaired) electrons. The number of nitrogens with zero attached hydrogens (tertiary/aromatic N) is 1. The topological polar surface area (TPSA) is 32.3 Å². The summed E-state index contributed by atoms with van der Waals surface area (Å²) in [6.45, 7) is 0.100. The van der Waals surface area contributed by atoms with Gasteiger partial charge in [-0.1, -0.05) is 17.7 Å². The zero-order valence-electron chi connectivity index (χ0n) is 12.2. The van der Waals surface area contributed by atoms with Crippen LogP contribution in [0.3, 0.4) is 0 Å². The van der Waals surface area contributed by atoms with Crippen LogP contribution in [0.5, 0.6) is 0 Å². The predicted molar refractivity (Wildman–Crippen MR) is 85.4 cm³/mol. The Morgan fingerprint density at radius 3 is 2.48 bits per heavy atom. The van der Waals surface area contributed by atoms with E-state index in [0.717, 1.165) is 12.8 Å². The minimum atomic E-state index is -0.433. The largest absolute Gasteiger partial charge is 0.322 e. The molecule has 23 heavy (non-hydrogen) atoms. The number of anilines is 1. The van der Waals surface area contributed by atoms with Crippen LogP contribution in [0.2, 0.25) is 5.02 Å². The lowest BCUT2D eigenvalue weighted by Crippen LogP contribution is -2.36. The minimum absolute atomic E-state index is 0.0751. The molecular weight excluding hydrogens is 322 g/mol. The van der Waals surface area contributed by atoms with E-state index in [0.29, 0.717) is 16.3 Å². The fraction of sp³-hybridized carbons (Fsp3) is 0.235. The molecule has 2 aromatic carbocycles. The second-order valence-corrected chi connectivity index (χ2v) is 5.90. The highest BCUT2D eigenvalue weighted by Crippen LogP contribution is 2.31. The van der Waals surface area contributed by atoms with Crippen molar-refractivity contribution in [3.63, 3.8) is 0 Å². The van der Waals surface area contributed by atoms with Crippen LogP contribution in [0.15, 0.2) is 42.5 Å². The summed E-state index contributed by atoms with van der Waals surface area (Å²) < 4.78 is 26.9. The number of amides is 2. The molecule has 3 rings (SSSR count). The number of carbonyl (C=O) groups is 1. The van der Waals surface area contributed by atoms with Gasteiger partial charge in [-0.25, -0.2) is 13.6 Å². The fourth-order valence-electron chi connectivity index (χ4n) is 2.34. The predicted octanol–water partition coefficient (Wildman–Crippen LogP) is 4.81. The zero-order chi connectivity index (χ0) is 16.4. The molecule has 120 valence electrons. The highest BCUT2D eigenvalue weighted by Gasteiger charge is 2.33. The van der Waals surface area contributed by atoms with Gasteiger partial charge in [-0.2, -0.15) is 0 Å². The summed E-state index contributed by atoms with van der Waals surface area (Å²) in [5.41, 5.74) is 0.789. The Hall–Kier alpha value is -2.14. The van der Waals surface area contributed by atoms with Crippen LogP contribution in [0.1, 0.15) is 18.4 Å². The van der Waals surface area contributed by atoms with Crippen molar-refractivity contribution in [3.05, 3.63) is 64.7 Å². The smallest absolute Gasteiger partial charge is 0.317 e. The summed E-state index contributed by atoms with van der Waals surface area (Å²) in [5, 5.41) is 3.00. The van der Waals surface area contributed by atoms with E-state index < -0.39 is 5.82 Å². The number of hydrogen-bond donors (Lipinski definition) is 1. The van der Waals surface area contributed by atoms with Gasteiger partial charge in [0.1, 0.15) is 11.6 Å². The number of rotatable bonds is 4. The van der Waals surface area contributed by atoms with Crippen molar-refractivity contribution in [1.82, 2.24) is 4.90 Å². The standard InChI is InChI=1S/C17H15ClF2N2O/c18-15-2-1-3-16(20)14(15)10-22(13-8-9-13)17(23)21-12-6-4-11(19)5-7-12/h1-7,13H,8-10H2,(H,21,23). The third-order valence-corrected chi connectivity index (χ3v) is 4.09. The quantitative estimate of drug-likeness (QED) is 0.853. The van der Waals surface area contributed by atoms with Crippen LogP contribution >= 0.6 is 11.6 Å². The van der Waals surface area contributed by atoms with Crippen molar-refractivity contribution in [2.24, 2.45) is 0 Å². The van der Waals surface area contributed by atoms with Crippen LogP contribution in [0.25, 0.3) is 0 Å². The SMILES string of the molecule is O=C(Nc1ccc(F)cc1)N(Cc1c(F)cccc1Cl)C1CC1. The molecule has 0 spiro atoms. The summed E-state index contributed by atoms with van der Waals surface area (Å²) >= 11 is 6.04. The number of urea groups is 1. The highest BCUT2D eigenvalue weighted by atomic mass is 35.5. The Balaban J connectivity index is 1.76. The third-order valence-electron chi connectivity index (χ3n) is 3.73. The van der Waals surface area contributed by atoms with Crippen LogP contribution in [-0.2, 0) is 6.54 Å². The normalized spacial score (nSPS) is 13.7. The summed E-state index contributed by atoms with van der Waals surface area (Å²) in [6, 6.07) is 9.68. The van der Waals surface area contributed by atoms with Crippen LogP contribution in [0, 0.1) is 11.6 Å². The Morgan fingerprint density at radius 1 is 1.17 bits per heavy atom. The van der Waals surface area contributed by atoms with Gasteiger partial charge in [0, 0.05) is 22.3 Å². The zero-order valence-corrected chi connectivity index (χ0v) is 13.0. The van der Waals surface area contributed by atoms with E-state index in [1.807, 2.05) is 0 Å². The molecule has 0 aromatic heterocycles. The molecule has 2 amide bonds. The molecule has 1 aliphatic rings. The van der Waals surface area contributed by atoms with Crippen molar-refractivity contribution in [2.45, 2.75) is 25.4 Å². The van der Waals surface area contributed by atoms with Gasteiger partial charge in [-0.05, 0) is 49.2 Å². The summed E-state index contributed by atoms with van der Waals surface area (Å²) in [7, 11) is 0. The molecular formula is C17H15ClF2N2O. The summed E-state index contributed by atoms with van der Waals surface area (Å²) in [6.07, 6.45) is 1.76. The van der Waals surface area contributed by atoms with Gasteiger partial charge in [-0.15, -0.1) is 0 Å². The van der Waals surface area contributed by atoms with E-state index in [1.54, 1.807) is 11.0 Å². The van der Waals surface area contributed by atoms with Gasteiger partial charge < -0.3 is 10.2 Å². The monoisotopic (exact) mass is 336 g/mol. The Bertz CT molecular complexity index is 697. The lowest BCUT2D eigenvalue weighted by Gasteiger charge is -2.23. The van der Waals surface area contributed by atoms with Crippen LogP contribution in [0.4, 0.5) is 19.3 Å². The molecule has 1 saturated carbocycles. The van der Waals surface area contributed by atoms with Crippen molar-refractivity contribution < 1.29 is 13.6 Å². The van der Waals surface area contributed by atoms with Crippen LogP contribution in [-0.4, -0.2) is 17.0 Å². The second kappa shape index (κ2) is 6.54. The first-order chi connectivity index (χ1) is 11.0. The number of carbonyl (C=O) groups excluding carboxylic acids is 1. The maximum absolute atomic E-state index is 13.9. The third kappa shape index (κ3) is 3.79. The average molecular weight is 337 g/mol. The first-order valence-electron chi connectivity index (χ1n) is 7.30. The van der Waals surface area contributed by atoms with Gasteiger partial charge >= 0.3 is 6.03 Å². The molecule has 1 N–H and O–H groups in total. The molecule has 0 saturated heterocycles. The van der Waals surface area contributed by atoms with Crippen molar-refractivity contribution in [1.29, 1.82) is 0 Å². The van der Waals surface area contributed by atoms with Crippen molar-refractivity contribution in [3.8, 4) is 0 Å². The van der Waals surface area contributed by atoms with E-state index in [2.05, 4.69) is 5.32 Å². The van der Waals surface area contributed by atoms with Gasteiger partial charge in [0.2, 0.25) is 0 Å². The first kappa shape index (κ1) is 15.7. The molecule has 6 heteroatoms. The Kier molecular flexibility index (Phi) is 4.48. The molecule has 1 aliphatic carbocycles. The second-order valence-electron chi connectivity index (χ2n) is 5.50. The van der Waals surface area contributed by atoms with E-state index >= 15 is 0 Å². The summed E-state index contributed by atoms with van der Waals surface area (Å²) in [4.78, 5) is 14.0. The van der Waals surface area contributed by atoms with Gasteiger partial charge in [0.15, 0.2) is 0 Å². The summed E-state index contributed by atoms with van der Waals surface area (Å²) in [5.74, 6) is -0.807. The van der Waals surface area contributed by atoms with E-state index in [-0.39, 0.29) is 24.4 Å². The fourth-order valence-corrected chi connectivity index (χ4v) is 2.56. The van der Waals surface area contributed by atoms with Gasteiger partial charge in [-0.3, -0.25) is 0 Å². The van der Waals surface area contributed by atoms with Gasteiger partial charge in [0.25, 0.3) is 0 Å². The molecule has 0 aliphatic heterocycles. The molecule has 1 fully saturated rings. The lowest BCUT2D eigenvalue weighted by atomic mass is 10.2. The van der Waals surface area contributed by atoms with E-state index in [9.17, 15) is 13.6 Å². The van der Waals surface area contributed by atoms with Gasteiger partial charge in [0.05, 0.1) is 6.54 Å². The highest BCUT2D eigenvalue weighted by molar-refractivity contribution is 6.31. The van der Waals surface area contributed by atoms with Crippen molar-refractivity contribution >= 4 is 23.3 Å². The average Bonchev–Trinajstić information content (AvgIpc) is 3.34. The van der Waals surface area contributed by atoms with E-state index in [1.165, 1.54) is 36.4 Å². The molecule has 2 aromatic rings. The molecule has 0 unspecified atom stereocenters. The van der Waals surface area contributed by atoms with Crippen molar-refractivity contribution in [2.75, 3.05) is 5.32 Å². The lowest BCUT2D eigenvalue weighted by molar-refractivity contribution is 0.205. The van der Waals surface area contributed by atoms with Crippen LogP contribution < -0.4 is 5.32 Å². The maximum atomic E-state index is 13.9. The van der Waals surface area contributed by atoms with E-state index in [4.69, 9.17) is 11.6 Å². The minimum Gasteiger partial charge on any atom is -0.317 e. The molecule has 3 nitrogen and oxygen atoms in total. The number of benzene rings is 2. The number of halogens is 3.